The van der Waals surface area contributed by atoms with E-state index < -0.39 is 11.8 Å². The van der Waals surface area contributed by atoms with Gasteiger partial charge in [-0.05, 0) is 74.6 Å². The van der Waals surface area contributed by atoms with Gasteiger partial charge in [-0.15, -0.1) is 0 Å². The molecule has 134 valence electrons. The molecule has 0 radical (unpaired) electrons. The molecule has 0 atom stereocenters. The summed E-state index contributed by atoms with van der Waals surface area (Å²) in [6.45, 7) is 9.11. The molecule has 3 aromatic rings. The van der Waals surface area contributed by atoms with Crippen LogP contribution in [0.4, 0.5) is 4.39 Å². The number of rotatable bonds is 3. The van der Waals surface area contributed by atoms with Gasteiger partial charge in [0.25, 0.3) is 5.89 Å². The van der Waals surface area contributed by atoms with Crippen molar-refractivity contribution in [1.82, 2.24) is 10.1 Å². The Hall–Kier alpha value is -3.02. The van der Waals surface area contributed by atoms with Gasteiger partial charge in [0.15, 0.2) is 0 Å². The largest absolute Gasteiger partial charge is 0.478 e. The minimum Gasteiger partial charge on any atom is -0.478 e. The highest BCUT2D eigenvalue weighted by Crippen LogP contribution is 2.33. The summed E-state index contributed by atoms with van der Waals surface area (Å²) in [5.74, 6) is -1.12. The van der Waals surface area contributed by atoms with E-state index in [2.05, 4.69) is 10.1 Å². The summed E-state index contributed by atoms with van der Waals surface area (Å²) in [5.41, 5.74) is 4.94. The molecule has 0 aliphatic heterocycles. The predicted molar refractivity (Wildman–Crippen MR) is 95.8 cm³/mol. The monoisotopic (exact) mass is 354 g/mol. The molecule has 0 bridgehead atoms. The summed E-state index contributed by atoms with van der Waals surface area (Å²) in [6, 6.07) is 4.69. The summed E-state index contributed by atoms with van der Waals surface area (Å²) < 4.78 is 19.8. The summed E-state index contributed by atoms with van der Waals surface area (Å²) >= 11 is 0. The number of nitrogens with zero attached hydrogens (tertiary/aromatic N) is 2. The van der Waals surface area contributed by atoms with E-state index in [4.69, 9.17) is 4.52 Å². The lowest BCUT2D eigenvalue weighted by molar-refractivity contribution is 0.0696. The Labute approximate surface area is 150 Å². The molecule has 0 saturated carbocycles. The van der Waals surface area contributed by atoms with E-state index in [-0.39, 0.29) is 22.8 Å². The van der Waals surface area contributed by atoms with E-state index in [9.17, 15) is 14.3 Å². The molecule has 6 heteroatoms. The van der Waals surface area contributed by atoms with Crippen molar-refractivity contribution >= 4 is 5.97 Å². The van der Waals surface area contributed by atoms with Crippen LogP contribution in [0.3, 0.4) is 0 Å². The lowest BCUT2D eigenvalue weighted by Crippen LogP contribution is -2.03. The fourth-order valence-electron chi connectivity index (χ4n) is 3.14. The van der Waals surface area contributed by atoms with Crippen molar-refractivity contribution in [2.75, 3.05) is 0 Å². The standard InChI is InChI=1S/C20H19FN2O3/c1-9-6-7-14(20(24)25)13(5)16(9)18-22-19(26-23-18)17-12(4)11(3)10(2)8-15(17)21/h6-8H,1-5H3,(H,24,25). The summed E-state index contributed by atoms with van der Waals surface area (Å²) in [6.07, 6.45) is 0. The van der Waals surface area contributed by atoms with Crippen LogP contribution in [0, 0.1) is 40.4 Å². The third-order valence-corrected chi connectivity index (χ3v) is 4.88. The van der Waals surface area contributed by atoms with Crippen LogP contribution in [-0.4, -0.2) is 21.2 Å². The van der Waals surface area contributed by atoms with E-state index in [1.165, 1.54) is 6.07 Å². The molecule has 26 heavy (non-hydrogen) atoms. The Morgan fingerprint density at radius 3 is 2.35 bits per heavy atom. The summed E-state index contributed by atoms with van der Waals surface area (Å²) in [5, 5.41) is 13.3. The highest BCUT2D eigenvalue weighted by molar-refractivity contribution is 5.92. The molecule has 0 amide bonds. The van der Waals surface area contributed by atoms with Crippen molar-refractivity contribution in [3.05, 3.63) is 57.4 Å². The first-order chi connectivity index (χ1) is 12.2. The number of carbonyl (C=O) groups is 1. The van der Waals surface area contributed by atoms with Crippen LogP contribution in [0.1, 0.15) is 38.2 Å². The summed E-state index contributed by atoms with van der Waals surface area (Å²) in [4.78, 5) is 15.7. The Bertz CT molecular complexity index is 1040. The van der Waals surface area contributed by atoms with Crippen LogP contribution in [0.2, 0.25) is 0 Å². The number of aromatic carboxylic acids is 1. The van der Waals surface area contributed by atoms with E-state index in [1.54, 1.807) is 19.1 Å². The molecule has 0 aliphatic carbocycles. The first kappa shape index (κ1) is 17.8. The number of carboxylic acid groups (broad SMARTS) is 1. The number of aryl methyl sites for hydroxylation is 2. The van der Waals surface area contributed by atoms with Gasteiger partial charge in [-0.1, -0.05) is 11.2 Å². The Kier molecular flexibility index (Phi) is 4.36. The van der Waals surface area contributed by atoms with Crippen LogP contribution in [0.15, 0.2) is 22.7 Å². The fraction of sp³-hybridized carbons (Fsp3) is 0.250. The second-order valence-corrected chi connectivity index (χ2v) is 6.46. The zero-order valence-electron chi connectivity index (χ0n) is 15.3. The third-order valence-electron chi connectivity index (χ3n) is 4.88. The number of hydrogen-bond acceptors (Lipinski definition) is 4. The average Bonchev–Trinajstić information content (AvgIpc) is 3.01. The Morgan fingerprint density at radius 2 is 1.69 bits per heavy atom. The molecule has 1 heterocycles. The molecular formula is C20H19FN2O3. The number of halogens is 1. The molecule has 1 N–H and O–H groups in total. The van der Waals surface area contributed by atoms with Gasteiger partial charge in [0.1, 0.15) is 5.82 Å². The first-order valence-electron chi connectivity index (χ1n) is 8.16. The van der Waals surface area contributed by atoms with Crippen LogP contribution in [0.25, 0.3) is 22.8 Å². The van der Waals surface area contributed by atoms with E-state index in [0.29, 0.717) is 11.1 Å². The van der Waals surface area contributed by atoms with Crippen molar-refractivity contribution in [2.24, 2.45) is 0 Å². The lowest BCUT2D eigenvalue weighted by Gasteiger charge is -2.10. The van der Waals surface area contributed by atoms with Gasteiger partial charge in [0.05, 0.1) is 11.1 Å². The third kappa shape index (κ3) is 2.77. The van der Waals surface area contributed by atoms with Crippen LogP contribution >= 0.6 is 0 Å². The SMILES string of the molecule is Cc1cc(F)c(-c2nc(-c3c(C)ccc(C(=O)O)c3C)no2)c(C)c1C. The van der Waals surface area contributed by atoms with Crippen LogP contribution < -0.4 is 0 Å². The topological polar surface area (TPSA) is 76.2 Å². The second kappa shape index (κ2) is 6.37. The maximum Gasteiger partial charge on any atom is 0.335 e. The molecule has 0 spiro atoms. The molecule has 1 aromatic heterocycles. The van der Waals surface area contributed by atoms with Gasteiger partial charge >= 0.3 is 5.97 Å². The minimum atomic E-state index is -1.02. The molecule has 2 aromatic carbocycles. The summed E-state index contributed by atoms with van der Waals surface area (Å²) in [7, 11) is 0. The fourth-order valence-corrected chi connectivity index (χ4v) is 3.14. The Balaban J connectivity index is 2.18. The van der Waals surface area contributed by atoms with Crippen molar-refractivity contribution in [3.63, 3.8) is 0 Å². The minimum absolute atomic E-state index is 0.0811. The quantitative estimate of drug-likeness (QED) is 0.732. The van der Waals surface area contributed by atoms with Gasteiger partial charge in [-0.3, -0.25) is 0 Å². The van der Waals surface area contributed by atoms with E-state index in [0.717, 1.165) is 22.3 Å². The van der Waals surface area contributed by atoms with Gasteiger partial charge in [-0.2, -0.15) is 4.98 Å². The van der Waals surface area contributed by atoms with Crippen molar-refractivity contribution in [2.45, 2.75) is 34.6 Å². The van der Waals surface area contributed by atoms with E-state index in [1.807, 2.05) is 27.7 Å². The maximum absolute atomic E-state index is 14.5. The van der Waals surface area contributed by atoms with Gasteiger partial charge in [0.2, 0.25) is 5.82 Å². The number of hydrogen-bond donors (Lipinski definition) is 1. The highest BCUT2D eigenvalue weighted by atomic mass is 19.1. The number of benzene rings is 2. The molecule has 0 fully saturated rings. The van der Waals surface area contributed by atoms with Crippen molar-refractivity contribution in [3.8, 4) is 22.8 Å². The smallest absolute Gasteiger partial charge is 0.335 e. The average molecular weight is 354 g/mol. The zero-order chi connectivity index (χ0) is 19.2. The molecule has 5 nitrogen and oxygen atoms in total. The van der Waals surface area contributed by atoms with E-state index >= 15 is 0 Å². The van der Waals surface area contributed by atoms with Gasteiger partial charge in [0, 0.05) is 5.56 Å². The predicted octanol–water partition coefficient (Wildman–Crippen LogP) is 4.78. The molecule has 0 saturated heterocycles. The second-order valence-electron chi connectivity index (χ2n) is 6.46. The first-order valence-corrected chi connectivity index (χ1v) is 8.16. The van der Waals surface area contributed by atoms with Crippen molar-refractivity contribution < 1.29 is 18.8 Å². The van der Waals surface area contributed by atoms with Gasteiger partial charge in [-0.25, -0.2) is 9.18 Å². The lowest BCUT2D eigenvalue weighted by atomic mass is 9.97. The molecular weight excluding hydrogens is 335 g/mol. The number of aromatic nitrogens is 2. The van der Waals surface area contributed by atoms with Crippen LogP contribution in [0.5, 0.6) is 0 Å². The van der Waals surface area contributed by atoms with Gasteiger partial charge < -0.3 is 9.63 Å². The molecule has 0 unspecified atom stereocenters. The maximum atomic E-state index is 14.5. The zero-order valence-corrected chi connectivity index (χ0v) is 15.3. The Morgan fingerprint density at radius 1 is 1.00 bits per heavy atom. The highest BCUT2D eigenvalue weighted by Gasteiger charge is 2.22. The molecule has 0 aliphatic rings. The normalized spacial score (nSPS) is 11.0. The van der Waals surface area contributed by atoms with Crippen molar-refractivity contribution in [1.29, 1.82) is 0 Å². The number of carboxylic acids is 1. The molecule has 3 rings (SSSR count). The van der Waals surface area contributed by atoms with Crippen LogP contribution in [-0.2, 0) is 0 Å².